The topological polar surface area (TPSA) is 26.3 Å². The minimum atomic E-state index is -0.306. The van der Waals surface area contributed by atoms with Crippen LogP contribution in [0, 0.1) is 17.8 Å². The Hall–Kier alpha value is -0.440. The Morgan fingerprint density at radius 2 is 1.82 bits per heavy atom. The van der Waals surface area contributed by atoms with Crippen LogP contribution in [0.3, 0.4) is 0 Å². The molecule has 0 aromatic carbocycles. The summed E-state index contributed by atoms with van der Waals surface area (Å²) in [4.78, 5) is 11.4. The molecular weight excluding hydrogens is 232 g/mol. The number of hydrogen-bond donors (Lipinski definition) is 0. The molecular formula is C14H26O2S. The van der Waals surface area contributed by atoms with Crippen molar-refractivity contribution < 1.29 is 8.98 Å². The summed E-state index contributed by atoms with van der Waals surface area (Å²) in [5.74, 6) is 1.34. The first-order valence-corrected chi connectivity index (χ1v) is 7.14. The van der Waals surface area contributed by atoms with Crippen LogP contribution in [0.15, 0.2) is 12.2 Å². The standard InChI is InChI=1S/C14H26O2S/c1-8-11(6)13(12(7)9(2)3)17-16-14(15)10(4)5/h9,11-13H,4,8H2,1-3,5-7H3. The van der Waals surface area contributed by atoms with E-state index in [2.05, 4.69) is 41.2 Å². The third-order valence-electron chi connectivity index (χ3n) is 3.36. The zero-order chi connectivity index (χ0) is 13.6. The molecule has 3 heteroatoms. The predicted octanol–water partition coefficient (Wildman–Crippen LogP) is 4.46. The van der Waals surface area contributed by atoms with Gasteiger partial charge in [0.25, 0.3) is 0 Å². The van der Waals surface area contributed by atoms with Crippen molar-refractivity contribution in [3.8, 4) is 0 Å². The predicted molar refractivity (Wildman–Crippen MR) is 75.7 cm³/mol. The van der Waals surface area contributed by atoms with E-state index in [4.69, 9.17) is 4.18 Å². The average Bonchev–Trinajstić information content (AvgIpc) is 2.27. The van der Waals surface area contributed by atoms with Crippen LogP contribution in [0.1, 0.15) is 48.0 Å². The van der Waals surface area contributed by atoms with Crippen LogP contribution >= 0.6 is 12.0 Å². The fourth-order valence-corrected chi connectivity index (χ4v) is 2.70. The van der Waals surface area contributed by atoms with Gasteiger partial charge in [-0.05, 0) is 24.7 Å². The Kier molecular flexibility index (Phi) is 7.60. The van der Waals surface area contributed by atoms with Crippen molar-refractivity contribution in [1.29, 1.82) is 0 Å². The molecule has 0 rings (SSSR count). The second-order valence-electron chi connectivity index (χ2n) is 5.20. The lowest BCUT2D eigenvalue weighted by atomic mass is 9.87. The summed E-state index contributed by atoms with van der Waals surface area (Å²) < 4.78 is 5.24. The minimum Gasteiger partial charge on any atom is -0.388 e. The first-order chi connectivity index (χ1) is 7.81. The number of carbonyl (C=O) groups is 1. The molecule has 0 aromatic rings. The fourth-order valence-electron chi connectivity index (χ4n) is 1.48. The van der Waals surface area contributed by atoms with Crippen molar-refractivity contribution in [3.05, 3.63) is 12.2 Å². The van der Waals surface area contributed by atoms with E-state index in [9.17, 15) is 4.79 Å². The van der Waals surface area contributed by atoms with Gasteiger partial charge in [0.15, 0.2) is 0 Å². The van der Waals surface area contributed by atoms with Crippen molar-refractivity contribution in [2.75, 3.05) is 0 Å². The maximum atomic E-state index is 11.4. The van der Waals surface area contributed by atoms with Crippen molar-refractivity contribution >= 4 is 18.0 Å². The summed E-state index contributed by atoms with van der Waals surface area (Å²) >= 11 is 1.32. The Labute approximate surface area is 110 Å². The molecule has 0 aliphatic heterocycles. The fraction of sp³-hybridized carbons (Fsp3) is 0.786. The first kappa shape index (κ1) is 16.6. The third kappa shape index (κ3) is 5.62. The number of rotatable bonds is 7. The molecule has 0 saturated heterocycles. The lowest BCUT2D eigenvalue weighted by Gasteiger charge is -2.29. The Morgan fingerprint density at radius 3 is 2.18 bits per heavy atom. The summed E-state index contributed by atoms with van der Waals surface area (Å²) in [5, 5.41) is 0.350. The van der Waals surface area contributed by atoms with Gasteiger partial charge in [-0.1, -0.05) is 47.6 Å². The van der Waals surface area contributed by atoms with Gasteiger partial charge in [0, 0.05) is 10.8 Å². The van der Waals surface area contributed by atoms with Crippen LogP contribution in [-0.4, -0.2) is 11.2 Å². The van der Waals surface area contributed by atoms with Crippen molar-refractivity contribution in [3.63, 3.8) is 0 Å². The molecule has 3 unspecified atom stereocenters. The molecule has 0 aliphatic rings. The molecule has 0 N–H and O–H groups in total. The molecule has 0 fully saturated rings. The van der Waals surface area contributed by atoms with Gasteiger partial charge in [0.05, 0.1) is 12.0 Å². The molecule has 0 radical (unpaired) electrons. The number of hydrogen-bond acceptors (Lipinski definition) is 3. The minimum absolute atomic E-state index is 0.306. The molecule has 0 spiro atoms. The van der Waals surface area contributed by atoms with E-state index in [1.807, 2.05) is 0 Å². The Bertz CT molecular complexity index is 261. The summed E-state index contributed by atoms with van der Waals surface area (Å²) in [6.07, 6.45) is 1.10. The largest absolute Gasteiger partial charge is 0.388 e. The molecule has 0 aromatic heterocycles. The van der Waals surface area contributed by atoms with E-state index in [0.717, 1.165) is 6.42 Å². The Morgan fingerprint density at radius 1 is 1.29 bits per heavy atom. The van der Waals surface area contributed by atoms with E-state index >= 15 is 0 Å². The van der Waals surface area contributed by atoms with Crippen molar-refractivity contribution in [1.82, 2.24) is 0 Å². The summed E-state index contributed by atoms with van der Waals surface area (Å²) in [6, 6.07) is 0. The number of carbonyl (C=O) groups excluding carboxylic acids is 1. The zero-order valence-corrected chi connectivity index (χ0v) is 12.8. The lowest BCUT2D eigenvalue weighted by molar-refractivity contribution is -0.128. The molecule has 100 valence electrons. The van der Waals surface area contributed by atoms with E-state index in [1.165, 1.54) is 12.0 Å². The van der Waals surface area contributed by atoms with Gasteiger partial charge >= 0.3 is 5.97 Å². The van der Waals surface area contributed by atoms with Gasteiger partial charge in [-0.3, -0.25) is 0 Å². The van der Waals surface area contributed by atoms with Gasteiger partial charge < -0.3 is 4.18 Å². The SMILES string of the molecule is C=C(C)C(=O)OSC(C(C)CC)C(C)C(C)C. The van der Waals surface area contributed by atoms with Crippen LogP contribution in [0.4, 0.5) is 0 Å². The monoisotopic (exact) mass is 258 g/mol. The summed E-state index contributed by atoms with van der Waals surface area (Å²) in [5.41, 5.74) is 0.456. The van der Waals surface area contributed by atoms with Crippen LogP contribution in [0.25, 0.3) is 0 Å². The lowest BCUT2D eigenvalue weighted by Crippen LogP contribution is -2.27. The molecule has 0 amide bonds. The summed E-state index contributed by atoms with van der Waals surface area (Å²) in [7, 11) is 0. The van der Waals surface area contributed by atoms with E-state index in [0.29, 0.717) is 28.6 Å². The molecule has 0 saturated carbocycles. The highest BCUT2D eigenvalue weighted by Gasteiger charge is 2.27. The quantitative estimate of drug-likeness (QED) is 0.498. The molecule has 0 heterocycles. The highest BCUT2D eigenvalue weighted by molar-refractivity contribution is 7.95. The third-order valence-corrected chi connectivity index (χ3v) is 4.72. The smallest absolute Gasteiger partial charge is 0.345 e. The van der Waals surface area contributed by atoms with Gasteiger partial charge in [-0.2, -0.15) is 0 Å². The van der Waals surface area contributed by atoms with E-state index < -0.39 is 0 Å². The van der Waals surface area contributed by atoms with Crippen molar-refractivity contribution in [2.45, 2.75) is 53.2 Å². The first-order valence-electron chi connectivity index (χ1n) is 6.34. The van der Waals surface area contributed by atoms with E-state index in [1.54, 1.807) is 6.92 Å². The molecule has 0 aliphatic carbocycles. The average molecular weight is 258 g/mol. The summed E-state index contributed by atoms with van der Waals surface area (Å²) in [6.45, 7) is 16.3. The molecule has 0 bridgehead atoms. The van der Waals surface area contributed by atoms with Crippen LogP contribution in [-0.2, 0) is 8.98 Å². The van der Waals surface area contributed by atoms with Crippen LogP contribution in [0.5, 0.6) is 0 Å². The van der Waals surface area contributed by atoms with E-state index in [-0.39, 0.29) is 5.97 Å². The molecule has 17 heavy (non-hydrogen) atoms. The van der Waals surface area contributed by atoms with Crippen LogP contribution in [0.2, 0.25) is 0 Å². The second-order valence-corrected chi connectivity index (χ2v) is 6.10. The second kappa shape index (κ2) is 7.80. The zero-order valence-electron chi connectivity index (χ0n) is 11.9. The molecule has 3 atom stereocenters. The van der Waals surface area contributed by atoms with Gasteiger partial charge in [0.2, 0.25) is 0 Å². The van der Waals surface area contributed by atoms with Crippen LogP contribution < -0.4 is 0 Å². The maximum absolute atomic E-state index is 11.4. The van der Waals surface area contributed by atoms with Crippen molar-refractivity contribution in [2.24, 2.45) is 17.8 Å². The van der Waals surface area contributed by atoms with Gasteiger partial charge in [-0.15, -0.1) is 0 Å². The maximum Gasteiger partial charge on any atom is 0.345 e. The van der Waals surface area contributed by atoms with Gasteiger partial charge in [0.1, 0.15) is 0 Å². The van der Waals surface area contributed by atoms with Gasteiger partial charge in [-0.25, -0.2) is 4.79 Å². The highest BCUT2D eigenvalue weighted by atomic mass is 32.2. The normalized spacial score (nSPS) is 16.4. The highest BCUT2D eigenvalue weighted by Crippen LogP contribution is 2.33. The Balaban J connectivity index is 4.50. The molecule has 2 nitrogen and oxygen atoms in total.